The van der Waals surface area contributed by atoms with Crippen molar-refractivity contribution in [3.63, 3.8) is 0 Å². The van der Waals surface area contributed by atoms with Gasteiger partial charge in [-0.1, -0.05) is 26.2 Å². The number of ether oxygens (including phenoxy) is 1. The van der Waals surface area contributed by atoms with E-state index in [0.717, 1.165) is 0 Å². The Labute approximate surface area is 96.8 Å². The second-order valence-corrected chi connectivity index (χ2v) is 4.58. The highest BCUT2D eigenvalue weighted by Crippen LogP contribution is 2.51. The molecule has 0 spiro atoms. The van der Waals surface area contributed by atoms with Gasteiger partial charge in [0.05, 0.1) is 6.10 Å². The van der Waals surface area contributed by atoms with Crippen LogP contribution in [-0.2, 0) is 9.53 Å². The lowest BCUT2D eigenvalue weighted by atomic mass is 10.3. The summed E-state index contributed by atoms with van der Waals surface area (Å²) in [6, 6.07) is 0. The van der Waals surface area contributed by atoms with Crippen molar-refractivity contribution in [1.29, 1.82) is 0 Å². The predicted molar refractivity (Wildman–Crippen MR) is 68.1 cm³/mol. The van der Waals surface area contributed by atoms with Crippen molar-refractivity contribution in [3.05, 3.63) is 0 Å². The third-order valence-corrected chi connectivity index (χ3v) is 2.87. The van der Waals surface area contributed by atoms with Crippen LogP contribution < -0.4 is 0 Å². The summed E-state index contributed by atoms with van der Waals surface area (Å²) in [4.78, 5) is 10.4. The fraction of sp³-hybridized carbons (Fsp3) is 0.917. The molecule has 2 aliphatic rings. The van der Waals surface area contributed by atoms with Crippen molar-refractivity contribution >= 4 is 15.9 Å². The Hall–Kier alpha value is -0.100. The summed E-state index contributed by atoms with van der Waals surface area (Å²) in [6.45, 7) is 5.46. The van der Waals surface area contributed by atoms with Crippen LogP contribution in [0.25, 0.3) is 0 Å². The number of rotatable bonds is 2. The maximum atomic E-state index is 10.4. The monoisotopic (exact) mass is 232 g/mol. The molecule has 90 valence electrons. The highest BCUT2D eigenvalue weighted by atomic mass is 31.0. The highest BCUT2D eigenvalue weighted by molar-refractivity contribution is 6.92. The maximum absolute atomic E-state index is 10.4. The van der Waals surface area contributed by atoms with Crippen molar-refractivity contribution in [2.24, 2.45) is 11.8 Å². The Morgan fingerprint density at radius 2 is 1.87 bits per heavy atom. The highest BCUT2D eigenvalue weighted by Gasteiger charge is 2.40. The van der Waals surface area contributed by atoms with Gasteiger partial charge in [0.25, 0.3) is 0 Å². The second kappa shape index (κ2) is 7.22. The molecule has 3 unspecified atom stereocenters. The van der Waals surface area contributed by atoms with Gasteiger partial charge in [-0.3, -0.25) is 4.79 Å². The molecule has 0 saturated heterocycles. The summed E-state index contributed by atoms with van der Waals surface area (Å²) in [5, 5.41) is 0. The second-order valence-electron chi connectivity index (χ2n) is 4.58. The number of carbonyl (C=O) groups is 1. The molecule has 0 aromatic heterocycles. The van der Waals surface area contributed by atoms with Gasteiger partial charge in [0, 0.05) is 6.42 Å². The zero-order chi connectivity index (χ0) is 10.6. The smallest absolute Gasteiger partial charge is 0.305 e. The largest absolute Gasteiger partial charge is 0.463 e. The quantitative estimate of drug-likeness (QED) is 0.540. The predicted octanol–water partition coefficient (Wildman–Crippen LogP) is 3.21. The van der Waals surface area contributed by atoms with Gasteiger partial charge in [0.1, 0.15) is 0 Å². The molecule has 0 aromatic carbocycles. The van der Waals surface area contributed by atoms with E-state index in [1.54, 1.807) is 26.2 Å². The first-order valence-corrected chi connectivity index (χ1v) is 5.83. The molecule has 0 aromatic rings. The van der Waals surface area contributed by atoms with Gasteiger partial charge < -0.3 is 4.74 Å². The van der Waals surface area contributed by atoms with E-state index in [9.17, 15) is 4.79 Å². The van der Waals surface area contributed by atoms with E-state index < -0.39 is 0 Å². The van der Waals surface area contributed by atoms with Crippen LogP contribution in [-0.4, -0.2) is 12.1 Å². The van der Waals surface area contributed by atoms with Gasteiger partial charge >= 0.3 is 5.97 Å². The van der Waals surface area contributed by atoms with E-state index in [1.165, 1.54) is 18.3 Å². The van der Waals surface area contributed by atoms with Gasteiger partial charge in [-0.05, 0) is 32.1 Å². The van der Waals surface area contributed by atoms with E-state index in [-0.39, 0.29) is 22.0 Å². The molecule has 0 N–H and O–H groups in total. The molecule has 3 heteroatoms. The Morgan fingerprint density at radius 3 is 2.00 bits per heavy atom. The summed E-state index contributed by atoms with van der Waals surface area (Å²) in [5.41, 5.74) is 0. The number of carbonyl (C=O) groups excluding carboxylic acids is 1. The van der Waals surface area contributed by atoms with Crippen LogP contribution in [0.1, 0.15) is 52.9 Å². The summed E-state index contributed by atoms with van der Waals surface area (Å²) < 4.78 is 4.76. The fourth-order valence-electron chi connectivity index (χ4n) is 2.01. The van der Waals surface area contributed by atoms with Crippen molar-refractivity contribution in [2.75, 3.05) is 0 Å². The van der Waals surface area contributed by atoms with Crippen LogP contribution in [0, 0.1) is 11.8 Å². The van der Waals surface area contributed by atoms with E-state index in [1.807, 2.05) is 13.8 Å². The van der Waals surface area contributed by atoms with Crippen molar-refractivity contribution in [2.45, 2.75) is 59.0 Å². The fourth-order valence-corrected chi connectivity index (χ4v) is 2.01. The lowest BCUT2D eigenvalue weighted by Gasteiger charge is -2.04. The maximum Gasteiger partial charge on any atom is 0.305 e. The number of fused-ring (bicyclic) bond motifs is 1. The Morgan fingerprint density at radius 1 is 1.33 bits per heavy atom. The van der Waals surface area contributed by atoms with Crippen molar-refractivity contribution < 1.29 is 9.53 Å². The minimum absolute atomic E-state index is 0. The van der Waals surface area contributed by atoms with E-state index in [2.05, 4.69) is 0 Å². The summed E-state index contributed by atoms with van der Waals surface area (Å²) in [7, 11) is 0. The van der Waals surface area contributed by atoms with Gasteiger partial charge in [0.2, 0.25) is 0 Å². The zero-order valence-electron chi connectivity index (χ0n) is 10.3. The molecule has 0 heterocycles. The van der Waals surface area contributed by atoms with E-state index >= 15 is 0 Å². The Bertz CT molecular complexity index is 184. The zero-order valence-corrected chi connectivity index (χ0v) is 11.7. The molecule has 2 nitrogen and oxygen atoms in total. The van der Waals surface area contributed by atoms with Crippen molar-refractivity contribution in [1.82, 2.24) is 0 Å². The normalized spacial score (nSPS) is 25.9. The minimum Gasteiger partial charge on any atom is -0.463 e. The topological polar surface area (TPSA) is 26.3 Å². The average molecular weight is 232 g/mol. The van der Waals surface area contributed by atoms with Crippen LogP contribution in [0.3, 0.4) is 0 Å². The van der Waals surface area contributed by atoms with E-state index in [4.69, 9.17) is 4.74 Å². The minimum atomic E-state index is -0.125. The molecule has 0 bridgehead atoms. The standard InChI is InChI=1S/C6H12O2.C6H10.H3P/c1-4-6(7)8-5(2)3;1-2-5-4-6(5)3-1;/h5H,4H2,1-3H3;5-6H,1-4H2;1H3. The Balaban J connectivity index is 0.000000249. The molecule has 15 heavy (non-hydrogen) atoms. The molecule has 0 radical (unpaired) electrons. The summed E-state index contributed by atoms with van der Waals surface area (Å²) >= 11 is 0. The molecule has 2 fully saturated rings. The van der Waals surface area contributed by atoms with Gasteiger partial charge in [-0.15, -0.1) is 0 Å². The molecular weight excluding hydrogens is 207 g/mol. The van der Waals surface area contributed by atoms with Crippen LogP contribution in [0.15, 0.2) is 0 Å². The van der Waals surface area contributed by atoms with E-state index in [0.29, 0.717) is 6.42 Å². The molecule has 2 aliphatic carbocycles. The average Bonchev–Trinajstić information content (AvgIpc) is 2.74. The molecular formula is C12H25O2P. The molecule has 0 amide bonds. The third-order valence-electron chi connectivity index (χ3n) is 2.87. The van der Waals surface area contributed by atoms with Crippen LogP contribution in [0.5, 0.6) is 0 Å². The van der Waals surface area contributed by atoms with Gasteiger partial charge in [-0.2, -0.15) is 9.90 Å². The van der Waals surface area contributed by atoms with Crippen LogP contribution >= 0.6 is 9.90 Å². The summed E-state index contributed by atoms with van der Waals surface area (Å²) in [6.07, 6.45) is 6.74. The first-order chi connectivity index (χ1) is 6.63. The SMILES string of the molecule is C1CC2CC2C1.CCC(=O)OC(C)C.P. The number of esters is 1. The molecule has 3 atom stereocenters. The number of hydrogen-bond acceptors (Lipinski definition) is 2. The summed E-state index contributed by atoms with van der Waals surface area (Å²) in [5.74, 6) is 2.30. The molecule has 2 rings (SSSR count). The lowest BCUT2D eigenvalue weighted by Crippen LogP contribution is -2.09. The van der Waals surface area contributed by atoms with Crippen LogP contribution in [0.2, 0.25) is 0 Å². The number of hydrogen-bond donors (Lipinski definition) is 0. The third kappa shape index (κ3) is 6.14. The molecule has 2 saturated carbocycles. The lowest BCUT2D eigenvalue weighted by molar-refractivity contribution is -0.146. The first kappa shape index (κ1) is 14.9. The molecule has 0 aliphatic heterocycles. The van der Waals surface area contributed by atoms with Gasteiger partial charge in [-0.25, -0.2) is 0 Å². The Kier molecular flexibility index (Phi) is 7.17. The first-order valence-electron chi connectivity index (χ1n) is 5.83. The van der Waals surface area contributed by atoms with Crippen LogP contribution in [0.4, 0.5) is 0 Å². The van der Waals surface area contributed by atoms with Crippen molar-refractivity contribution in [3.8, 4) is 0 Å². The van der Waals surface area contributed by atoms with Gasteiger partial charge in [0.15, 0.2) is 0 Å².